The van der Waals surface area contributed by atoms with E-state index in [4.69, 9.17) is 4.98 Å². The molecular formula is C23H19F2IN7-. The van der Waals surface area contributed by atoms with Crippen LogP contribution in [0.1, 0.15) is 36.7 Å². The number of hydrogen-bond donors (Lipinski definition) is 0. The van der Waals surface area contributed by atoms with Crippen LogP contribution in [0.5, 0.6) is 0 Å². The molecule has 1 fully saturated rings. The van der Waals surface area contributed by atoms with E-state index in [0.717, 1.165) is 25.8 Å². The molecule has 0 amide bonds. The molecule has 3 aromatic heterocycles. The summed E-state index contributed by atoms with van der Waals surface area (Å²) in [6.45, 7) is 4.48. The normalized spacial score (nSPS) is 23.1. The summed E-state index contributed by atoms with van der Waals surface area (Å²) in [5.41, 5.74) is 2.23. The zero-order valence-electron chi connectivity index (χ0n) is 17.9. The van der Waals surface area contributed by atoms with Crippen LogP contribution >= 0.6 is 0 Å². The van der Waals surface area contributed by atoms with E-state index < -0.39 is 17.0 Å². The van der Waals surface area contributed by atoms with Crippen LogP contribution in [0, 0.1) is 17.0 Å². The minimum absolute atomic E-state index is 0.128. The zero-order chi connectivity index (χ0) is 22.8. The van der Waals surface area contributed by atoms with E-state index in [9.17, 15) is 8.78 Å². The molecule has 0 N–H and O–H groups in total. The Morgan fingerprint density at radius 2 is 1.82 bits per heavy atom. The fourth-order valence-electron chi connectivity index (χ4n) is 5.21. The van der Waals surface area contributed by atoms with Gasteiger partial charge in [-0.25, -0.2) is 0 Å². The van der Waals surface area contributed by atoms with Gasteiger partial charge in [-0.05, 0) is 0 Å². The molecule has 1 saturated heterocycles. The van der Waals surface area contributed by atoms with E-state index in [2.05, 4.69) is 39.2 Å². The molecule has 10 heteroatoms. The van der Waals surface area contributed by atoms with Crippen LogP contribution in [0.4, 0.5) is 8.78 Å². The summed E-state index contributed by atoms with van der Waals surface area (Å²) in [7, 11) is 0. The fourth-order valence-corrected chi connectivity index (χ4v) is 10.3. The van der Waals surface area contributed by atoms with Gasteiger partial charge in [0.25, 0.3) is 0 Å². The van der Waals surface area contributed by atoms with Gasteiger partial charge in [-0.2, -0.15) is 0 Å². The van der Waals surface area contributed by atoms with E-state index >= 15 is 0 Å². The van der Waals surface area contributed by atoms with Crippen LogP contribution in [-0.4, -0.2) is 43.8 Å². The number of hydrogen-bond acceptors (Lipinski definition) is 6. The number of fused-ring (bicyclic) bond motifs is 5. The van der Waals surface area contributed by atoms with Gasteiger partial charge in [0.2, 0.25) is 0 Å². The molecule has 6 rings (SSSR count). The van der Waals surface area contributed by atoms with Gasteiger partial charge in [-0.3, -0.25) is 0 Å². The minimum atomic E-state index is -0.638. The number of benzene rings is 1. The molecule has 168 valence electrons. The Morgan fingerprint density at radius 3 is 2.58 bits per heavy atom. The molecule has 2 atom stereocenters. The molecule has 2 bridgehead atoms. The first-order valence-electron chi connectivity index (χ1n) is 10.5. The second-order valence-corrected chi connectivity index (χ2v) is 11.6. The van der Waals surface area contributed by atoms with Crippen molar-refractivity contribution in [3.63, 3.8) is 0 Å². The van der Waals surface area contributed by atoms with Gasteiger partial charge in [0.1, 0.15) is 0 Å². The maximum absolute atomic E-state index is 14.5. The molecule has 0 saturated carbocycles. The van der Waals surface area contributed by atoms with E-state index in [1.807, 2.05) is 12.1 Å². The molecule has 0 spiro atoms. The van der Waals surface area contributed by atoms with Crippen molar-refractivity contribution < 1.29 is 30.0 Å². The summed E-state index contributed by atoms with van der Waals surface area (Å²) in [5.74, 6) is -0.567. The van der Waals surface area contributed by atoms with Crippen molar-refractivity contribution >= 4 is 0 Å². The summed E-state index contributed by atoms with van der Waals surface area (Å²) in [6, 6.07) is 7.64. The van der Waals surface area contributed by atoms with Gasteiger partial charge in [0, 0.05) is 0 Å². The SMILES string of the molecule is CC1(C)[C@H]2C[I-]C[C@]1(c1ccnc(-n3cnnc3)n1)c1nnc(-c3c(F)cccc3F)cc12. The quantitative estimate of drug-likeness (QED) is 0.266. The van der Waals surface area contributed by atoms with Crippen molar-refractivity contribution in [1.82, 2.24) is 34.9 Å². The van der Waals surface area contributed by atoms with Crippen molar-refractivity contribution in [1.29, 1.82) is 0 Å². The van der Waals surface area contributed by atoms with Crippen molar-refractivity contribution in [2.75, 3.05) is 8.86 Å². The predicted molar refractivity (Wildman–Crippen MR) is 111 cm³/mol. The standard InChI is InChI=1S/C23H19F2IN7/c1-22(2)14-9-26-10-23(22,18-6-7-27-21(30-18)33-11-28-29-12-33)20-13(14)8-17(31-32-20)19-15(24)4-3-5-16(19)25/h3-8,11-12,14H,9-10H2,1-2H3/q-1/t14-,23-/m0/s1. The Balaban J connectivity index is 1.56. The van der Waals surface area contributed by atoms with E-state index in [1.165, 1.54) is 18.2 Å². The number of alkyl halides is 2. The summed E-state index contributed by atoms with van der Waals surface area (Å²) in [6.07, 6.45) is 4.88. The third kappa shape index (κ3) is 2.82. The Bertz CT molecular complexity index is 1350. The van der Waals surface area contributed by atoms with Gasteiger partial charge in [0.05, 0.1) is 0 Å². The van der Waals surface area contributed by atoms with Gasteiger partial charge in [-0.1, -0.05) is 0 Å². The average molecular weight is 558 g/mol. The molecule has 0 unspecified atom stereocenters. The molecule has 2 aliphatic rings. The van der Waals surface area contributed by atoms with Crippen LogP contribution in [0.15, 0.2) is 49.2 Å². The first-order valence-corrected chi connectivity index (χ1v) is 13.5. The van der Waals surface area contributed by atoms with Crippen LogP contribution in [-0.2, 0) is 5.41 Å². The van der Waals surface area contributed by atoms with Crippen molar-refractivity contribution in [3.8, 4) is 17.2 Å². The van der Waals surface area contributed by atoms with Gasteiger partial charge >= 0.3 is 199 Å². The summed E-state index contributed by atoms with van der Waals surface area (Å²) in [4.78, 5) is 9.31. The third-order valence-corrected chi connectivity index (χ3v) is 10.3. The number of halogens is 3. The Kier molecular flexibility index (Phi) is 4.58. The van der Waals surface area contributed by atoms with E-state index in [-0.39, 0.29) is 43.8 Å². The Labute approximate surface area is 199 Å². The molecule has 7 nitrogen and oxygen atoms in total. The summed E-state index contributed by atoms with van der Waals surface area (Å²) in [5, 5.41) is 16.7. The monoisotopic (exact) mass is 558 g/mol. The van der Waals surface area contributed by atoms with E-state index in [0.29, 0.717) is 5.95 Å². The Morgan fingerprint density at radius 1 is 1.06 bits per heavy atom. The molecule has 1 aliphatic carbocycles. The molecule has 1 aliphatic heterocycles. The molecule has 4 heterocycles. The molecule has 33 heavy (non-hydrogen) atoms. The second kappa shape index (κ2) is 7.31. The molecule has 1 aromatic carbocycles. The maximum atomic E-state index is 14.5. The number of rotatable bonds is 3. The van der Waals surface area contributed by atoms with Gasteiger partial charge < -0.3 is 0 Å². The summed E-state index contributed by atoms with van der Waals surface area (Å²) >= 11 is -0.128. The third-order valence-electron chi connectivity index (χ3n) is 7.08. The van der Waals surface area contributed by atoms with Crippen LogP contribution in [0.25, 0.3) is 17.2 Å². The molecule has 4 aromatic rings. The van der Waals surface area contributed by atoms with Crippen LogP contribution < -0.4 is 21.2 Å². The van der Waals surface area contributed by atoms with Crippen LogP contribution in [0.3, 0.4) is 0 Å². The fraction of sp³-hybridized carbons (Fsp3) is 0.304. The number of nitrogens with zero attached hydrogens (tertiary/aromatic N) is 7. The van der Waals surface area contributed by atoms with Gasteiger partial charge in [0.15, 0.2) is 0 Å². The van der Waals surface area contributed by atoms with Crippen molar-refractivity contribution in [2.45, 2.75) is 25.2 Å². The van der Waals surface area contributed by atoms with Gasteiger partial charge in [-0.15, -0.1) is 0 Å². The van der Waals surface area contributed by atoms with E-state index in [1.54, 1.807) is 23.4 Å². The van der Waals surface area contributed by atoms with Crippen molar-refractivity contribution in [2.24, 2.45) is 5.41 Å². The molecular weight excluding hydrogens is 539 g/mol. The second-order valence-electron chi connectivity index (χ2n) is 8.90. The molecule has 0 radical (unpaired) electrons. The Hall–Kier alpha value is -2.89. The first-order chi connectivity index (χ1) is 15.9. The summed E-state index contributed by atoms with van der Waals surface area (Å²) < 4.78 is 32.7. The topological polar surface area (TPSA) is 82.3 Å². The predicted octanol–water partition coefficient (Wildman–Crippen LogP) is 0.305. The zero-order valence-corrected chi connectivity index (χ0v) is 20.0. The van der Waals surface area contributed by atoms with Crippen LogP contribution in [0.2, 0.25) is 0 Å². The number of aromatic nitrogens is 7. The first kappa shape index (κ1) is 20.7. The van der Waals surface area contributed by atoms with Crippen molar-refractivity contribution in [3.05, 3.63) is 77.8 Å². The average Bonchev–Trinajstić information content (AvgIpc) is 3.34.